The highest BCUT2D eigenvalue weighted by Gasteiger charge is 2.09. The predicted octanol–water partition coefficient (Wildman–Crippen LogP) is 0.384. The maximum absolute atomic E-state index is 5.60. The third-order valence-corrected chi connectivity index (χ3v) is 1.83. The highest BCUT2D eigenvalue weighted by atomic mass is 15.4. The van der Waals surface area contributed by atoms with Gasteiger partial charge in [0.25, 0.3) is 0 Å². The average molecular weight is 178 g/mol. The molecule has 2 aromatic heterocycles. The molecule has 0 saturated heterocycles. The Morgan fingerprint density at radius 1 is 1.38 bits per heavy atom. The molecule has 68 valence electrons. The van der Waals surface area contributed by atoms with Gasteiger partial charge in [-0.25, -0.2) is 4.68 Å². The summed E-state index contributed by atoms with van der Waals surface area (Å²) in [6, 6.07) is 0.244. The monoisotopic (exact) mass is 178 g/mol. The quantitative estimate of drug-likeness (QED) is 0.682. The van der Waals surface area contributed by atoms with Crippen LogP contribution in [0, 0.1) is 0 Å². The van der Waals surface area contributed by atoms with Crippen LogP contribution in [0.2, 0.25) is 0 Å². The van der Waals surface area contributed by atoms with Crippen molar-refractivity contribution in [1.29, 1.82) is 0 Å². The van der Waals surface area contributed by atoms with Crippen LogP contribution in [0.15, 0.2) is 6.20 Å². The minimum Gasteiger partial charge on any atom is -0.381 e. The molecule has 0 aliphatic heterocycles. The van der Waals surface area contributed by atoms with Crippen molar-refractivity contribution in [2.75, 3.05) is 5.73 Å². The van der Waals surface area contributed by atoms with Gasteiger partial charge in [0.1, 0.15) is 0 Å². The summed E-state index contributed by atoms with van der Waals surface area (Å²) in [5.41, 5.74) is 6.29. The zero-order valence-corrected chi connectivity index (χ0v) is 7.47. The first-order valence-corrected chi connectivity index (χ1v) is 4.02. The molecule has 6 heteroatoms. The molecule has 2 aromatic rings. The molecule has 0 aromatic carbocycles. The van der Waals surface area contributed by atoms with Crippen LogP contribution >= 0.6 is 0 Å². The molecule has 13 heavy (non-hydrogen) atoms. The lowest BCUT2D eigenvalue weighted by Gasteiger charge is -2.04. The van der Waals surface area contributed by atoms with E-state index < -0.39 is 0 Å². The van der Waals surface area contributed by atoms with Crippen molar-refractivity contribution >= 4 is 16.9 Å². The summed E-state index contributed by atoms with van der Waals surface area (Å²) in [6.45, 7) is 4.04. The molecule has 0 atom stereocenters. The number of nitrogen functional groups attached to an aromatic ring is 1. The number of fused-ring (bicyclic) bond motifs is 1. The van der Waals surface area contributed by atoms with Crippen molar-refractivity contribution in [2.45, 2.75) is 19.9 Å². The summed E-state index contributed by atoms with van der Waals surface area (Å²) in [7, 11) is 0. The van der Waals surface area contributed by atoms with Crippen LogP contribution in [0.4, 0.5) is 5.82 Å². The highest BCUT2D eigenvalue weighted by molar-refractivity contribution is 5.84. The molecule has 6 nitrogen and oxygen atoms in total. The van der Waals surface area contributed by atoms with Gasteiger partial charge in [0.15, 0.2) is 11.5 Å². The van der Waals surface area contributed by atoms with Gasteiger partial charge in [-0.05, 0) is 19.1 Å². The Morgan fingerprint density at radius 3 is 2.85 bits per heavy atom. The Kier molecular flexibility index (Phi) is 1.61. The molecule has 0 amide bonds. The predicted molar refractivity (Wildman–Crippen MR) is 47.9 cm³/mol. The van der Waals surface area contributed by atoms with E-state index in [9.17, 15) is 0 Å². The molecule has 0 fully saturated rings. The summed E-state index contributed by atoms with van der Waals surface area (Å²) in [5, 5.41) is 16.0. The van der Waals surface area contributed by atoms with E-state index in [1.807, 2.05) is 13.8 Å². The number of nitrogens with two attached hydrogens (primary N) is 1. The van der Waals surface area contributed by atoms with Crippen molar-refractivity contribution < 1.29 is 0 Å². The third kappa shape index (κ3) is 1.10. The van der Waals surface area contributed by atoms with Gasteiger partial charge in [0.2, 0.25) is 0 Å². The number of nitrogens with zero attached hydrogens (tertiary/aromatic N) is 5. The topological polar surface area (TPSA) is 82.5 Å². The molecule has 0 radical (unpaired) electrons. The lowest BCUT2D eigenvalue weighted by atomic mass is 10.4. The molecule has 0 spiro atoms. The Hall–Kier alpha value is -1.72. The van der Waals surface area contributed by atoms with Crippen molar-refractivity contribution in [3.05, 3.63) is 6.20 Å². The van der Waals surface area contributed by atoms with Crippen LogP contribution in [0.1, 0.15) is 19.9 Å². The van der Waals surface area contributed by atoms with E-state index >= 15 is 0 Å². The lowest BCUT2D eigenvalue weighted by Crippen LogP contribution is -2.05. The number of rotatable bonds is 1. The molecule has 2 rings (SSSR count). The van der Waals surface area contributed by atoms with E-state index in [4.69, 9.17) is 5.73 Å². The summed E-state index contributed by atoms with van der Waals surface area (Å²) in [4.78, 5) is 0. The fraction of sp³-hybridized carbons (Fsp3) is 0.429. The smallest absolute Gasteiger partial charge is 0.186 e. The van der Waals surface area contributed by atoms with Gasteiger partial charge in [0, 0.05) is 6.04 Å². The standard InChI is InChI=1S/C7H10N6/c1-4(2)13-7-5(3-9-13)6(8)10-12-11-7/h3-4H,1-2H3,(H2,8,10,11). The first kappa shape index (κ1) is 7.90. The van der Waals surface area contributed by atoms with Crippen molar-refractivity contribution in [1.82, 2.24) is 25.2 Å². The molecule has 2 heterocycles. The molecule has 0 saturated carbocycles. The first-order valence-electron chi connectivity index (χ1n) is 4.02. The van der Waals surface area contributed by atoms with Gasteiger partial charge in [0.05, 0.1) is 11.6 Å². The van der Waals surface area contributed by atoms with Gasteiger partial charge in [-0.3, -0.25) is 0 Å². The fourth-order valence-electron chi connectivity index (χ4n) is 1.18. The van der Waals surface area contributed by atoms with Gasteiger partial charge in [-0.1, -0.05) is 0 Å². The number of hydrogen-bond donors (Lipinski definition) is 1. The molecule has 0 bridgehead atoms. The van der Waals surface area contributed by atoms with Crippen molar-refractivity contribution in [3.63, 3.8) is 0 Å². The third-order valence-electron chi connectivity index (χ3n) is 1.83. The summed E-state index contributed by atoms with van der Waals surface area (Å²) < 4.78 is 1.76. The zero-order valence-electron chi connectivity index (χ0n) is 7.47. The Morgan fingerprint density at radius 2 is 2.15 bits per heavy atom. The van der Waals surface area contributed by atoms with Crippen molar-refractivity contribution in [3.8, 4) is 0 Å². The molecule has 0 unspecified atom stereocenters. The second kappa shape index (κ2) is 2.65. The largest absolute Gasteiger partial charge is 0.381 e. The maximum atomic E-state index is 5.60. The van der Waals surface area contributed by atoms with Gasteiger partial charge >= 0.3 is 0 Å². The van der Waals surface area contributed by atoms with E-state index in [-0.39, 0.29) is 6.04 Å². The van der Waals surface area contributed by atoms with Gasteiger partial charge < -0.3 is 5.73 Å². The van der Waals surface area contributed by atoms with Crippen LogP contribution in [0.25, 0.3) is 11.0 Å². The summed E-state index contributed by atoms with van der Waals surface area (Å²) in [5.74, 6) is 0.372. The highest BCUT2D eigenvalue weighted by Crippen LogP contribution is 2.17. The van der Waals surface area contributed by atoms with E-state index in [1.165, 1.54) is 0 Å². The second-order valence-corrected chi connectivity index (χ2v) is 3.09. The van der Waals surface area contributed by atoms with Crippen LogP contribution in [0.5, 0.6) is 0 Å². The Labute approximate surface area is 74.8 Å². The zero-order chi connectivity index (χ0) is 9.42. The maximum Gasteiger partial charge on any atom is 0.186 e. The average Bonchev–Trinajstić information content (AvgIpc) is 2.48. The Bertz CT molecular complexity index is 431. The van der Waals surface area contributed by atoms with Crippen LogP contribution < -0.4 is 5.73 Å². The molecule has 2 N–H and O–H groups in total. The van der Waals surface area contributed by atoms with E-state index in [1.54, 1.807) is 10.9 Å². The first-order chi connectivity index (χ1) is 6.20. The molecular weight excluding hydrogens is 168 g/mol. The normalized spacial score (nSPS) is 11.3. The number of anilines is 1. The van der Waals surface area contributed by atoms with E-state index in [2.05, 4.69) is 20.5 Å². The lowest BCUT2D eigenvalue weighted by molar-refractivity contribution is 0.543. The number of aromatic nitrogens is 5. The summed E-state index contributed by atoms with van der Waals surface area (Å²) in [6.07, 6.45) is 1.66. The van der Waals surface area contributed by atoms with Gasteiger partial charge in [-0.15, -0.1) is 10.2 Å². The molecular formula is C7H10N6. The second-order valence-electron chi connectivity index (χ2n) is 3.09. The van der Waals surface area contributed by atoms with Crippen LogP contribution in [-0.4, -0.2) is 25.2 Å². The van der Waals surface area contributed by atoms with Crippen LogP contribution in [0.3, 0.4) is 0 Å². The van der Waals surface area contributed by atoms with E-state index in [0.717, 1.165) is 5.39 Å². The summed E-state index contributed by atoms with van der Waals surface area (Å²) >= 11 is 0. The number of hydrogen-bond acceptors (Lipinski definition) is 5. The molecule has 0 aliphatic rings. The van der Waals surface area contributed by atoms with Crippen molar-refractivity contribution in [2.24, 2.45) is 0 Å². The Balaban J connectivity index is 2.75. The fourth-order valence-corrected chi connectivity index (χ4v) is 1.18. The van der Waals surface area contributed by atoms with Gasteiger partial charge in [-0.2, -0.15) is 5.10 Å². The van der Waals surface area contributed by atoms with Crippen LogP contribution in [-0.2, 0) is 0 Å². The SMILES string of the molecule is CC(C)n1ncc2c(N)nnnc21. The van der Waals surface area contributed by atoms with E-state index in [0.29, 0.717) is 11.5 Å². The molecule has 0 aliphatic carbocycles. The minimum atomic E-state index is 0.244. The minimum absolute atomic E-state index is 0.244.